The Labute approximate surface area is 218 Å². The summed E-state index contributed by atoms with van der Waals surface area (Å²) in [6, 6.07) is 20.2. The molecular weight excluding hydrogens is 476 g/mol. The molecule has 4 aromatic carbocycles. The Balaban J connectivity index is 0.00000129. The quantitative estimate of drug-likeness (QED) is 0.300. The van der Waals surface area contributed by atoms with Crippen molar-refractivity contribution in [2.24, 2.45) is 4.99 Å². The Morgan fingerprint density at radius 2 is 1.05 bits per heavy atom. The van der Waals surface area contributed by atoms with Crippen molar-refractivity contribution in [3.63, 3.8) is 0 Å². The molecule has 4 aromatic rings. The first-order chi connectivity index (χ1) is 18.4. The zero-order valence-electron chi connectivity index (χ0n) is 20.8. The highest BCUT2D eigenvalue weighted by molar-refractivity contribution is 6.32. The summed E-state index contributed by atoms with van der Waals surface area (Å²) in [7, 11) is 0. The van der Waals surface area contributed by atoms with Gasteiger partial charge in [0.15, 0.2) is 23.1 Å². The summed E-state index contributed by atoms with van der Waals surface area (Å²) in [5.41, 5.74) is 11.9. The molecule has 0 spiro atoms. The molecule has 7 rings (SSSR count). The molecule has 1 aliphatic heterocycles. The van der Waals surface area contributed by atoms with Crippen LogP contribution in [0.3, 0.4) is 0 Å². The van der Waals surface area contributed by atoms with E-state index in [1.54, 1.807) is 72.8 Å². The lowest BCUT2D eigenvalue weighted by Crippen LogP contribution is -2.23. The molecule has 0 unspecified atom stereocenters. The van der Waals surface area contributed by atoms with Crippen LogP contribution in [0.5, 0.6) is 0 Å². The highest BCUT2D eigenvalue weighted by atomic mass is 16.1. The monoisotopic (exact) mass is 498 g/mol. The fourth-order valence-electron chi connectivity index (χ4n) is 5.41. The van der Waals surface area contributed by atoms with Crippen LogP contribution in [0.4, 0.5) is 11.4 Å². The molecule has 1 heterocycles. The van der Waals surface area contributed by atoms with E-state index in [1.165, 1.54) is 0 Å². The summed E-state index contributed by atoms with van der Waals surface area (Å²) < 4.78 is 0. The summed E-state index contributed by atoms with van der Waals surface area (Å²) in [6.07, 6.45) is 0.382. The third kappa shape index (κ3) is 3.16. The van der Waals surface area contributed by atoms with E-state index < -0.39 is 0 Å². The van der Waals surface area contributed by atoms with Crippen LogP contribution < -0.4 is 5.73 Å². The fourth-order valence-corrected chi connectivity index (χ4v) is 5.41. The maximum Gasteiger partial charge on any atom is 0.196 e. The first-order valence-electron chi connectivity index (χ1n) is 12.5. The number of aliphatic imine (C=N–C) groups is 1. The number of hydrogen-bond acceptors (Lipinski definition) is 6. The molecule has 0 fully saturated rings. The van der Waals surface area contributed by atoms with Crippen LogP contribution in [0.2, 0.25) is 0 Å². The number of carbonyl (C=O) groups excluding carboxylic acids is 4. The van der Waals surface area contributed by atoms with Crippen molar-refractivity contribution in [1.29, 1.82) is 0 Å². The van der Waals surface area contributed by atoms with E-state index in [0.29, 0.717) is 56.8 Å². The van der Waals surface area contributed by atoms with Gasteiger partial charge in [0.25, 0.3) is 0 Å². The number of nitrogens with two attached hydrogens (primary N) is 1. The van der Waals surface area contributed by atoms with Gasteiger partial charge in [-0.05, 0) is 23.8 Å². The van der Waals surface area contributed by atoms with Crippen LogP contribution in [0.1, 0.15) is 88.7 Å². The summed E-state index contributed by atoms with van der Waals surface area (Å²) >= 11 is 0. The van der Waals surface area contributed by atoms with Crippen molar-refractivity contribution in [3.05, 3.63) is 128 Å². The van der Waals surface area contributed by atoms with Crippen molar-refractivity contribution in [2.45, 2.75) is 20.3 Å². The molecule has 2 N–H and O–H groups in total. The average Bonchev–Trinajstić information content (AvgIpc) is 3.37. The third-order valence-electron chi connectivity index (χ3n) is 7.18. The molecule has 3 aliphatic rings. The van der Waals surface area contributed by atoms with Gasteiger partial charge < -0.3 is 5.73 Å². The number of carbonyl (C=O) groups is 4. The highest BCUT2D eigenvalue weighted by Gasteiger charge is 2.34. The number of hydrogen-bond donors (Lipinski definition) is 1. The SMILES string of the molecule is CC.Nc1c(C2=Nc3cc4c(cc3C2)C(=O)c2ccccc2C4=O)ccc2c1C(=O)c1ccccc1C2=O. The van der Waals surface area contributed by atoms with Gasteiger partial charge in [-0.25, -0.2) is 0 Å². The zero-order chi connectivity index (χ0) is 26.7. The van der Waals surface area contributed by atoms with E-state index in [0.717, 1.165) is 5.56 Å². The molecule has 38 heavy (non-hydrogen) atoms. The van der Waals surface area contributed by atoms with Gasteiger partial charge in [-0.2, -0.15) is 0 Å². The van der Waals surface area contributed by atoms with E-state index in [4.69, 9.17) is 10.7 Å². The molecule has 6 nitrogen and oxygen atoms in total. The minimum Gasteiger partial charge on any atom is -0.398 e. The molecule has 184 valence electrons. The number of benzene rings is 4. The van der Waals surface area contributed by atoms with Crippen LogP contribution in [0.25, 0.3) is 0 Å². The van der Waals surface area contributed by atoms with Gasteiger partial charge in [0.1, 0.15) is 0 Å². The van der Waals surface area contributed by atoms with Crippen LogP contribution in [0.15, 0.2) is 77.8 Å². The number of nitrogens with zero attached hydrogens (tertiary/aromatic N) is 1. The standard InChI is InChI=1S/C30H16N2O4.C2H6/c31-26-19(9-10-20-25(26)30(36)18-8-4-3-7-17(18)27(20)33)24-12-14-11-21-22(13-23(14)32-24)29(35)16-6-2-1-5-15(16)28(21)34;1-2/h1-11,13H,12,31H2;1-2H3. The van der Waals surface area contributed by atoms with Crippen LogP contribution >= 0.6 is 0 Å². The number of rotatable bonds is 1. The minimum atomic E-state index is -0.292. The maximum atomic E-state index is 13.3. The summed E-state index contributed by atoms with van der Waals surface area (Å²) in [4.78, 5) is 57.2. The van der Waals surface area contributed by atoms with E-state index in [2.05, 4.69) is 0 Å². The van der Waals surface area contributed by atoms with Gasteiger partial charge in [-0.3, -0.25) is 24.2 Å². The number of fused-ring (bicyclic) bond motifs is 5. The second-order valence-electron chi connectivity index (χ2n) is 9.12. The van der Waals surface area contributed by atoms with Gasteiger partial charge in [-0.1, -0.05) is 68.4 Å². The molecule has 0 saturated carbocycles. The zero-order valence-corrected chi connectivity index (χ0v) is 20.8. The minimum absolute atomic E-state index is 0.187. The third-order valence-corrected chi connectivity index (χ3v) is 7.18. The summed E-state index contributed by atoms with van der Waals surface area (Å²) in [5.74, 6) is -0.922. The topological polar surface area (TPSA) is 107 Å². The van der Waals surface area contributed by atoms with E-state index in [-0.39, 0.29) is 39.9 Å². The molecule has 6 heteroatoms. The van der Waals surface area contributed by atoms with Crippen molar-refractivity contribution < 1.29 is 19.2 Å². The molecule has 0 saturated heterocycles. The molecule has 0 bridgehead atoms. The Kier molecular flexibility index (Phi) is 5.28. The molecule has 0 aromatic heterocycles. The van der Waals surface area contributed by atoms with Gasteiger partial charge in [0, 0.05) is 50.9 Å². The smallest absolute Gasteiger partial charge is 0.196 e. The first-order valence-corrected chi connectivity index (χ1v) is 12.5. The summed E-state index contributed by atoms with van der Waals surface area (Å²) in [5, 5.41) is 0. The normalized spacial score (nSPS) is 14.4. The Bertz CT molecular complexity index is 1800. The molecule has 2 aliphatic carbocycles. The second kappa shape index (κ2) is 8.56. The van der Waals surface area contributed by atoms with Gasteiger partial charge in [0.2, 0.25) is 0 Å². The molecule has 0 radical (unpaired) electrons. The summed E-state index contributed by atoms with van der Waals surface area (Å²) in [6.45, 7) is 4.00. The van der Waals surface area contributed by atoms with E-state index in [9.17, 15) is 19.2 Å². The largest absolute Gasteiger partial charge is 0.398 e. The van der Waals surface area contributed by atoms with Crippen molar-refractivity contribution in [2.75, 3.05) is 5.73 Å². The molecular formula is C32H22N2O4. The predicted molar refractivity (Wildman–Crippen MR) is 145 cm³/mol. The number of ketones is 4. The van der Waals surface area contributed by atoms with Crippen LogP contribution in [0, 0.1) is 0 Å². The van der Waals surface area contributed by atoms with Gasteiger partial charge in [-0.15, -0.1) is 0 Å². The van der Waals surface area contributed by atoms with E-state index >= 15 is 0 Å². The first kappa shape index (κ1) is 23.4. The number of anilines is 1. The van der Waals surface area contributed by atoms with Crippen molar-refractivity contribution in [3.8, 4) is 0 Å². The second-order valence-corrected chi connectivity index (χ2v) is 9.12. The lowest BCUT2D eigenvalue weighted by molar-refractivity contribution is 0.0979. The Hall–Kier alpha value is -4.97. The highest BCUT2D eigenvalue weighted by Crippen LogP contribution is 2.39. The van der Waals surface area contributed by atoms with Crippen molar-refractivity contribution in [1.82, 2.24) is 0 Å². The number of nitrogen functional groups attached to an aromatic ring is 1. The molecule has 0 atom stereocenters. The lowest BCUT2D eigenvalue weighted by Gasteiger charge is -2.20. The van der Waals surface area contributed by atoms with Crippen molar-refractivity contribution >= 4 is 40.2 Å². The van der Waals surface area contributed by atoms with E-state index in [1.807, 2.05) is 13.8 Å². The van der Waals surface area contributed by atoms with Crippen LogP contribution in [-0.4, -0.2) is 28.8 Å². The Morgan fingerprint density at radius 1 is 0.579 bits per heavy atom. The maximum absolute atomic E-state index is 13.3. The predicted octanol–water partition coefficient (Wildman–Crippen LogP) is 5.52. The van der Waals surface area contributed by atoms with Gasteiger partial charge >= 0.3 is 0 Å². The molecule has 0 amide bonds. The average molecular weight is 499 g/mol. The lowest BCUT2D eigenvalue weighted by atomic mass is 9.81. The Morgan fingerprint density at radius 3 is 1.63 bits per heavy atom. The fraction of sp³-hybridized carbons (Fsp3) is 0.0938. The van der Waals surface area contributed by atoms with Crippen LogP contribution in [-0.2, 0) is 6.42 Å². The van der Waals surface area contributed by atoms with Gasteiger partial charge in [0.05, 0.1) is 22.6 Å².